The molecule has 1 heterocycles. The van der Waals surface area contributed by atoms with Gasteiger partial charge in [-0.1, -0.05) is 25.7 Å². The van der Waals surface area contributed by atoms with Crippen LogP contribution in [0.3, 0.4) is 0 Å². The van der Waals surface area contributed by atoms with Crippen molar-refractivity contribution in [2.24, 2.45) is 0 Å². The van der Waals surface area contributed by atoms with E-state index in [4.69, 9.17) is 0 Å². The van der Waals surface area contributed by atoms with Gasteiger partial charge in [0.05, 0.1) is 6.07 Å². The zero-order chi connectivity index (χ0) is 14.9. The number of carbonyl (C=O) groups excluding carboxylic acids is 1. The van der Waals surface area contributed by atoms with Crippen molar-refractivity contribution in [2.45, 2.75) is 62.9 Å². The molecule has 2 fully saturated rings. The summed E-state index contributed by atoms with van der Waals surface area (Å²) < 4.78 is 2.97. The molecule has 0 unspecified atom stereocenters. The molecule has 112 valence electrons. The van der Waals surface area contributed by atoms with E-state index in [2.05, 4.69) is 27.3 Å². The van der Waals surface area contributed by atoms with Crippen LogP contribution in [-0.2, 0) is 0 Å². The maximum atomic E-state index is 12.7. The van der Waals surface area contributed by atoms with Crippen LogP contribution in [0.25, 0.3) is 0 Å². The van der Waals surface area contributed by atoms with Crippen LogP contribution in [0.2, 0.25) is 0 Å². The molecule has 1 aromatic rings. The number of aromatic nitrogens is 1. The van der Waals surface area contributed by atoms with Gasteiger partial charge in [0.15, 0.2) is 0 Å². The number of halogens is 1. The average Bonchev–Trinajstić information content (AvgIpc) is 3.26. The highest BCUT2D eigenvalue weighted by atomic mass is 79.9. The third-order valence-corrected chi connectivity index (χ3v) is 4.95. The topological polar surface area (TPSA) is 57.8 Å². The molecular weight excluding hydrogens is 330 g/mol. The Balaban J connectivity index is 1.80. The summed E-state index contributed by atoms with van der Waals surface area (Å²) in [5.74, 6) is -0.115. The number of hydrogen-bond acceptors (Lipinski definition) is 2. The van der Waals surface area contributed by atoms with E-state index in [-0.39, 0.29) is 5.91 Å². The van der Waals surface area contributed by atoms with Crippen molar-refractivity contribution in [3.05, 3.63) is 22.4 Å². The fraction of sp³-hybridized carbons (Fsp3) is 0.625. The molecule has 0 aromatic carbocycles. The van der Waals surface area contributed by atoms with Gasteiger partial charge in [-0.15, -0.1) is 0 Å². The number of rotatable bonds is 3. The Bertz CT molecular complexity index is 575. The Morgan fingerprint density at radius 3 is 2.57 bits per heavy atom. The number of nitrogens with zero attached hydrogens (tertiary/aromatic N) is 2. The lowest BCUT2D eigenvalue weighted by Gasteiger charge is -2.26. The predicted molar refractivity (Wildman–Crippen MR) is 83.9 cm³/mol. The summed E-state index contributed by atoms with van der Waals surface area (Å²) in [4.78, 5) is 12.7. The lowest BCUT2D eigenvalue weighted by Crippen LogP contribution is -2.47. The molecule has 1 aromatic heterocycles. The van der Waals surface area contributed by atoms with Gasteiger partial charge in [-0.3, -0.25) is 4.79 Å². The van der Waals surface area contributed by atoms with E-state index in [0.29, 0.717) is 11.7 Å². The molecule has 2 aliphatic carbocycles. The summed E-state index contributed by atoms with van der Waals surface area (Å²) in [5, 5.41) is 12.6. The minimum absolute atomic E-state index is 0.115. The van der Waals surface area contributed by atoms with Gasteiger partial charge in [-0.05, 0) is 47.7 Å². The number of nitrogens with one attached hydrogen (secondary N) is 1. The largest absolute Gasteiger partial charge is 0.339 e. The summed E-state index contributed by atoms with van der Waals surface area (Å²) in [7, 11) is 0. The van der Waals surface area contributed by atoms with Crippen molar-refractivity contribution in [3.63, 3.8) is 0 Å². The van der Waals surface area contributed by atoms with Gasteiger partial charge < -0.3 is 9.88 Å². The van der Waals surface area contributed by atoms with Crippen molar-refractivity contribution >= 4 is 21.8 Å². The van der Waals surface area contributed by atoms with Gasteiger partial charge in [-0.25, -0.2) is 0 Å². The van der Waals surface area contributed by atoms with E-state index in [1.165, 1.54) is 0 Å². The van der Waals surface area contributed by atoms with Crippen molar-refractivity contribution in [2.75, 3.05) is 0 Å². The first-order valence-corrected chi connectivity index (χ1v) is 8.54. The van der Waals surface area contributed by atoms with E-state index in [1.807, 2.05) is 16.8 Å². The number of amides is 1. The highest BCUT2D eigenvalue weighted by Gasteiger charge is 2.35. The number of hydrogen-bond donors (Lipinski definition) is 1. The molecule has 0 bridgehead atoms. The molecule has 0 radical (unpaired) electrons. The Morgan fingerprint density at radius 1 is 1.33 bits per heavy atom. The van der Waals surface area contributed by atoms with Crippen LogP contribution in [-0.4, -0.2) is 16.0 Å². The summed E-state index contributed by atoms with van der Waals surface area (Å²) in [5.41, 5.74) is -0.0122. The van der Waals surface area contributed by atoms with Crippen molar-refractivity contribution in [3.8, 4) is 6.07 Å². The first kappa shape index (κ1) is 14.6. The van der Waals surface area contributed by atoms with E-state index < -0.39 is 5.54 Å². The minimum atomic E-state index is -0.682. The molecule has 2 saturated carbocycles. The second kappa shape index (κ2) is 5.84. The predicted octanol–water partition coefficient (Wildman–Crippen LogP) is 3.93. The zero-order valence-electron chi connectivity index (χ0n) is 12.1. The summed E-state index contributed by atoms with van der Waals surface area (Å²) in [6, 6.07) is 4.68. The molecule has 3 rings (SSSR count). The first-order valence-electron chi connectivity index (χ1n) is 7.75. The molecule has 0 saturated heterocycles. The fourth-order valence-electron chi connectivity index (χ4n) is 3.16. The van der Waals surface area contributed by atoms with Gasteiger partial charge in [0.1, 0.15) is 11.2 Å². The van der Waals surface area contributed by atoms with Crippen LogP contribution in [0.1, 0.15) is 67.9 Å². The average molecular weight is 350 g/mol. The molecule has 1 amide bonds. The Hall–Kier alpha value is -1.28. The van der Waals surface area contributed by atoms with Gasteiger partial charge in [0.25, 0.3) is 5.91 Å². The van der Waals surface area contributed by atoms with Crippen LogP contribution in [0.15, 0.2) is 16.7 Å². The second-order valence-corrected chi connectivity index (χ2v) is 7.16. The van der Waals surface area contributed by atoms with Crippen molar-refractivity contribution in [1.82, 2.24) is 9.88 Å². The van der Waals surface area contributed by atoms with Crippen LogP contribution in [0.5, 0.6) is 0 Å². The standard InChI is InChI=1S/C16H20BrN3O/c17-12-9-14(20(10-12)13-5-6-13)15(21)19-16(11-18)7-3-1-2-4-8-16/h9-10,13H,1-8H2,(H,19,21). The highest BCUT2D eigenvalue weighted by molar-refractivity contribution is 9.10. The summed E-state index contributed by atoms with van der Waals surface area (Å²) in [6.45, 7) is 0. The molecule has 0 spiro atoms. The van der Waals surface area contributed by atoms with E-state index in [1.54, 1.807) is 0 Å². The minimum Gasteiger partial charge on any atom is -0.339 e. The van der Waals surface area contributed by atoms with Gasteiger partial charge >= 0.3 is 0 Å². The van der Waals surface area contributed by atoms with Crippen molar-refractivity contribution in [1.29, 1.82) is 5.26 Å². The molecule has 21 heavy (non-hydrogen) atoms. The first-order chi connectivity index (χ1) is 10.1. The lowest BCUT2D eigenvalue weighted by atomic mass is 9.91. The summed E-state index contributed by atoms with van der Waals surface area (Å²) in [6.07, 6.45) is 10.1. The summed E-state index contributed by atoms with van der Waals surface area (Å²) >= 11 is 3.45. The molecule has 0 atom stereocenters. The van der Waals surface area contributed by atoms with E-state index in [0.717, 1.165) is 55.8 Å². The Labute approximate surface area is 133 Å². The highest BCUT2D eigenvalue weighted by Crippen LogP contribution is 2.37. The number of nitriles is 1. The molecule has 4 nitrogen and oxygen atoms in total. The SMILES string of the molecule is N#CC1(NC(=O)c2cc(Br)cn2C2CC2)CCCCCC1. The normalized spacial score (nSPS) is 21.3. The quantitative estimate of drug-likeness (QED) is 0.840. The Kier molecular flexibility index (Phi) is 4.08. The van der Waals surface area contributed by atoms with Crippen molar-refractivity contribution < 1.29 is 4.79 Å². The fourth-order valence-corrected chi connectivity index (χ4v) is 3.60. The van der Waals surface area contributed by atoms with Crippen LogP contribution in [0, 0.1) is 11.3 Å². The van der Waals surface area contributed by atoms with E-state index in [9.17, 15) is 10.1 Å². The van der Waals surface area contributed by atoms with Crippen LogP contribution in [0.4, 0.5) is 0 Å². The van der Waals surface area contributed by atoms with Gasteiger partial charge in [0, 0.05) is 16.7 Å². The van der Waals surface area contributed by atoms with Gasteiger partial charge in [-0.2, -0.15) is 5.26 Å². The molecule has 1 N–H and O–H groups in total. The zero-order valence-corrected chi connectivity index (χ0v) is 13.7. The third-order valence-electron chi connectivity index (χ3n) is 4.51. The smallest absolute Gasteiger partial charge is 0.269 e. The number of carbonyl (C=O) groups is 1. The van der Waals surface area contributed by atoms with Crippen LogP contribution >= 0.6 is 15.9 Å². The molecule has 0 aliphatic heterocycles. The Morgan fingerprint density at radius 2 is 2.00 bits per heavy atom. The molecular formula is C16H20BrN3O. The lowest BCUT2D eigenvalue weighted by molar-refractivity contribution is 0.0903. The maximum Gasteiger partial charge on any atom is 0.269 e. The maximum absolute atomic E-state index is 12.7. The monoisotopic (exact) mass is 349 g/mol. The second-order valence-electron chi connectivity index (χ2n) is 6.24. The van der Waals surface area contributed by atoms with Crippen LogP contribution < -0.4 is 5.32 Å². The molecule has 2 aliphatic rings. The van der Waals surface area contributed by atoms with Gasteiger partial charge in [0.2, 0.25) is 0 Å². The third kappa shape index (κ3) is 3.16. The molecule has 5 heteroatoms. The van der Waals surface area contributed by atoms with E-state index >= 15 is 0 Å².